The second-order valence-electron chi connectivity index (χ2n) is 6.69. The zero-order valence-electron chi connectivity index (χ0n) is 16.8. The van der Waals surface area contributed by atoms with E-state index in [2.05, 4.69) is 22.0 Å². The number of fused-ring (bicyclic) bond motifs is 1. The number of morpholine rings is 1. The molecule has 3 atom stereocenters. The molecule has 1 saturated carbocycles. The molecule has 0 unspecified atom stereocenters. The molecule has 0 bridgehead atoms. The van der Waals surface area contributed by atoms with E-state index in [4.69, 9.17) is 29.3 Å². The quantitative estimate of drug-likeness (QED) is 0.642. The lowest BCUT2D eigenvalue weighted by Gasteiger charge is -2.38. The van der Waals surface area contributed by atoms with Crippen molar-refractivity contribution in [1.82, 2.24) is 9.88 Å². The van der Waals surface area contributed by atoms with E-state index < -0.39 is 24.3 Å². The zero-order valence-corrected chi connectivity index (χ0v) is 16.8. The Labute approximate surface area is 178 Å². The third-order valence-electron chi connectivity index (χ3n) is 4.57. The third-order valence-corrected chi connectivity index (χ3v) is 4.57. The number of pyridine rings is 1. The molecule has 1 aromatic rings. The van der Waals surface area contributed by atoms with Gasteiger partial charge in [-0.05, 0) is 30.5 Å². The van der Waals surface area contributed by atoms with Gasteiger partial charge in [-0.15, -0.1) is 0 Å². The number of carbonyl (C=O) groups is 2. The first-order chi connectivity index (χ1) is 14.8. The van der Waals surface area contributed by atoms with Gasteiger partial charge in [0.15, 0.2) is 0 Å². The topological polar surface area (TPSA) is 109 Å². The molecular weight excluding hydrogens is 454 g/mol. The Bertz CT molecular complexity index is 707. The molecule has 0 radical (unpaired) electrons. The largest absolute Gasteiger partial charge is 0.490 e. The van der Waals surface area contributed by atoms with Crippen molar-refractivity contribution in [3.63, 3.8) is 0 Å². The Morgan fingerprint density at radius 1 is 1.09 bits per heavy atom. The van der Waals surface area contributed by atoms with E-state index in [0.717, 1.165) is 26.1 Å². The number of ether oxygens (including phenoxy) is 2. The van der Waals surface area contributed by atoms with E-state index in [9.17, 15) is 26.3 Å². The van der Waals surface area contributed by atoms with Crippen molar-refractivity contribution in [1.29, 1.82) is 0 Å². The molecule has 1 aromatic heterocycles. The average Bonchev–Trinajstić information content (AvgIpc) is 3.12. The summed E-state index contributed by atoms with van der Waals surface area (Å²) in [7, 11) is 1.79. The van der Waals surface area contributed by atoms with E-state index in [0.29, 0.717) is 6.04 Å². The fraction of sp³-hybridized carbons (Fsp3) is 0.611. The molecule has 0 spiro atoms. The maximum atomic E-state index is 10.6. The van der Waals surface area contributed by atoms with Crippen LogP contribution in [0.2, 0.25) is 0 Å². The maximum Gasteiger partial charge on any atom is 0.490 e. The van der Waals surface area contributed by atoms with Crippen LogP contribution in [0.3, 0.4) is 0 Å². The van der Waals surface area contributed by atoms with Crippen molar-refractivity contribution in [2.45, 2.75) is 50.0 Å². The summed E-state index contributed by atoms with van der Waals surface area (Å²) < 4.78 is 74.9. The first-order valence-electron chi connectivity index (χ1n) is 9.15. The number of aliphatic carboxylic acids is 2. The van der Waals surface area contributed by atoms with Crippen molar-refractivity contribution in [3.05, 3.63) is 30.1 Å². The summed E-state index contributed by atoms with van der Waals surface area (Å²) in [6, 6.07) is 4.69. The summed E-state index contributed by atoms with van der Waals surface area (Å²) in [6.45, 7) is 2.81. The zero-order chi connectivity index (χ0) is 24.5. The lowest BCUT2D eigenvalue weighted by molar-refractivity contribution is -0.193. The summed E-state index contributed by atoms with van der Waals surface area (Å²) in [6.07, 6.45) is -3.63. The van der Waals surface area contributed by atoms with Crippen LogP contribution < -0.4 is 0 Å². The van der Waals surface area contributed by atoms with Crippen LogP contribution >= 0.6 is 0 Å². The van der Waals surface area contributed by atoms with Crippen molar-refractivity contribution < 1.29 is 55.6 Å². The van der Waals surface area contributed by atoms with Crippen LogP contribution in [-0.4, -0.2) is 82.9 Å². The molecule has 2 heterocycles. The number of nitrogens with zero attached hydrogens (tertiary/aromatic N) is 2. The highest BCUT2D eigenvalue weighted by atomic mass is 19.4. The molecule has 14 heteroatoms. The number of carboxylic acids is 2. The van der Waals surface area contributed by atoms with E-state index in [1.54, 1.807) is 7.11 Å². The normalized spacial score (nSPS) is 23.2. The predicted octanol–water partition coefficient (Wildman–Crippen LogP) is 2.73. The molecule has 2 fully saturated rings. The second-order valence-corrected chi connectivity index (χ2v) is 6.69. The van der Waals surface area contributed by atoms with Gasteiger partial charge < -0.3 is 19.7 Å². The lowest BCUT2D eigenvalue weighted by atomic mass is 10.1. The highest BCUT2D eigenvalue weighted by Gasteiger charge is 2.42. The minimum absolute atomic E-state index is 0.255. The third kappa shape index (κ3) is 8.96. The molecular formula is C18H22F6N2O6. The number of alkyl halides is 6. The fourth-order valence-corrected chi connectivity index (χ4v) is 3.16. The van der Waals surface area contributed by atoms with Crippen LogP contribution in [0.1, 0.15) is 18.4 Å². The summed E-state index contributed by atoms with van der Waals surface area (Å²) in [5.74, 6) is -5.51. The Kier molecular flexibility index (Phi) is 10.3. The van der Waals surface area contributed by atoms with Crippen molar-refractivity contribution in [2.75, 3.05) is 20.3 Å². The SMILES string of the molecule is CO[C@@H]1CC[C@H]2[C@H]1OCCN2Cc1ccncc1.O=C(O)C(F)(F)F.O=C(O)C(F)(F)F. The van der Waals surface area contributed by atoms with Gasteiger partial charge in [0.1, 0.15) is 0 Å². The standard InChI is InChI=1S/C14H20N2O2.2C2HF3O2/c1-17-13-3-2-12-14(13)18-9-8-16(12)10-11-4-6-15-7-5-11;2*3-2(4,5)1(6)7/h4-7,12-14H,2-3,8-10H2,1H3;2*(H,6,7)/t12-,13+,14+;;/m0../s1. The molecule has 182 valence electrons. The lowest BCUT2D eigenvalue weighted by Crippen LogP contribution is -2.51. The van der Waals surface area contributed by atoms with Crippen molar-refractivity contribution in [3.8, 4) is 0 Å². The van der Waals surface area contributed by atoms with Gasteiger partial charge in [-0.1, -0.05) is 0 Å². The van der Waals surface area contributed by atoms with Gasteiger partial charge in [-0.2, -0.15) is 26.3 Å². The van der Waals surface area contributed by atoms with Crippen LogP contribution in [-0.2, 0) is 25.6 Å². The van der Waals surface area contributed by atoms with Gasteiger partial charge in [0.25, 0.3) is 0 Å². The highest BCUT2D eigenvalue weighted by molar-refractivity contribution is 5.73. The van der Waals surface area contributed by atoms with Gasteiger partial charge in [0.2, 0.25) is 0 Å². The summed E-state index contributed by atoms with van der Waals surface area (Å²) in [4.78, 5) is 24.4. The van der Waals surface area contributed by atoms with Gasteiger partial charge in [0, 0.05) is 38.6 Å². The smallest absolute Gasteiger partial charge is 0.475 e. The van der Waals surface area contributed by atoms with E-state index in [-0.39, 0.29) is 12.2 Å². The first kappa shape index (κ1) is 27.6. The monoisotopic (exact) mass is 476 g/mol. The number of hydrogen-bond donors (Lipinski definition) is 2. The number of carboxylic acid groups (broad SMARTS) is 2. The van der Waals surface area contributed by atoms with Gasteiger partial charge in [-0.3, -0.25) is 9.88 Å². The number of methoxy groups -OCH3 is 1. The molecule has 0 aromatic carbocycles. The minimum atomic E-state index is -5.08. The number of hydrogen-bond acceptors (Lipinski definition) is 6. The van der Waals surface area contributed by atoms with E-state index >= 15 is 0 Å². The molecule has 1 aliphatic carbocycles. The van der Waals surface area contributed by atoms with Gasteiger partial charge in [0.05, 0.1) is 18.8 Å². The Balaban J connectivity index is 0.000000305. The van der Waals surface area contributed by atoms with Crippen LogP contribution in [0.4, 0.5) is 26.3 Å². The van der Waals surface area contributed by atoms with Gasteiger partial charge in [-0.25, -0.2) is 9.59 Å². The molecule has 2 aliphatic rings. The maximum absolute atomic E-state index is 10.6. The predicted molar refractivity (Wildman–Crippen MR) is 95.6 cm³/mol. The van der Waals surface area contributed by atoms with Crippen molar-refractivity contribution >= 4 is 11.9 Å². The molecule has 32 heavy (non-hydrogen) atoms. The number of rotatable bonds is 3. The number of aromatic nitrogens is 1. The molecule has 8 nitrogen and oxygen atoms in total. The van der Waals surface area contributed by atoms with Crippen LogP contribution in [0.5, 0.6) is 0 Å². The van der Waals surface area contributed by atoms with Crippen LogP contribution in [0, 0.1) is 0 Å². The molecule has 1 saturated heterocycles. The molecule has 1 aliphatic heterocycles. The summed E-state index contributed by atoms with van der Waals surface area (Å²) >= 11 is 0. The van der Waals surface area contributed by atoms with E-state index in [1.165, 1.54) is 12.0 Å². The summed E-state index contributed by atoms with van der Waals surface area (Å²) in [5, 5.41) is 14.2. The van der Waals surface area contributed by atoms with Crippen molar-refractivity contribution in [2.24, 2.45) is 0 Å². The summed E-state index contributed by atoms with van der Waals surface area (Å²) in [5.41, 5.74) is 1.33. The highest BCUT2D eigenvalue weighted by Crippen LogP contribution is 2.32. The Hall–Kier alpha value is -2.45. The molecule has 0 amide bonds. The first-order valence-corrected chi connectivity index (χ1v) is 9.15. The van der Waals surface area contributed by atoms with E-state index in [1.807, 2.05) is 12.4 Å². The van der Waals surface area contributed by atoms with Crippen LogP contribution in [0.25, 0.3) is 0 Å². The average molecular weight is 476 g/mol. The van der Waals surface area contributed by atoms with Crippen LogP contribution in [0.15, 0.2) is 24.5 Å². The second kappa shape index (κ2) is 12.0. The number of halogens is 6. The Morgan fingerprint density at radius 3 is 2.03 bits per heavy atom. The molecule has 2 N–H and O–H groups in total. The molecule has 3 rings (SSSR count). The fourth-order valence-electron chi connectivity index (χ4n) is 3.16. The Morgan fingerprint density at radius 2 is 1.59 bits per heavy atom. The minimum Gasteiger partial charge on any atom is -0.475 e. The van der Waals surface area contributed by atoms with Gasteiger partial charge >= 0.3 is 24.3 Å².